The van der Waals surface area contributed by atoms with Crippen molar-refractivity contribution in [1.82, 2.24) is 0 Å². The number of nitrogens with one attached hydrogen (secondary N) is 2. The van der Waals surface area contributed by atoms with Crippen LogP contribution in [0.25, 0.3) is 0 Å². The van der Waals surface area contributed by atoms with Crippen molar-refractivity contribution < 1.29 is 30.4 Å². The lowest BCUT2D eigenvalue weighted by atomic mass is 10.0. The van der Waals surface area contributed by atoms with Crippen LogP contribution in [-0.4, -0.2) is 23.9 Å². The number of halogens is 2. The molecule has 0 fully saturated rings. The van der Waals surface area contributed by atoms with Gasteiger partial charge in [-0.2, -0.15) is 0 Å². The Balaban J connectivity index is 1.42. The fourth-order valence-electron chi connectivity index (χ4n) is 4.74. The van der Waals surface area contributed by atoms with Crippen LogP contribution in [0.4, 0.5) is 20.2 Å². The monoisotopic (exact) mass is 634 g/mol. The van der Waals surface area contributed by atoms with E-state index in [9.17, 15) is 25.6 Å². The summed E-state index contributed by atoms with van der Waals surface area (Å²) in [7, 11) is -7.59. The predicted octanol–water partition coefficient (Wildman–Crippen LogP) is 6.76. The van der Waals surface area contributed by atoms with E-state index in [0.29, 0.717) is 24.0 Å². The van der Waals surface area contributed by atoms with Crippen LogP contribution in [0.2, 0.25) is 0 Å². The van der Waals surface area contributed by atoms with Crippen LogP contribution in [-0.2, 0) is 32.9 Å². The van der Waals surface area contributed by atoms with Crippen molar-refractivity contribution in [2.24, 2.45) is 0 Å². The molecule has 5 aromatic rings. The molecule has 0 unspecified atom stereocenters. The van der Waals surface area contributed by atoms with Gasteiger partial charge < -0.3 is 4.74 Å². The molecule has 0 spiro atoms. The molecule has 0 amide bonds. The Hall–Kier alpha value is -4.74. The molecule has 0 radical (unpaired) electrons. The molecular formula is C33H28F2N2O5S2. The molecule has 0 heterocycles. The molecular weight excluding hydrogens is 607 g/mol. The largest absolute Gasteiger partial charge is 0.495 e. The zero-order valence-corrected chi connectivity index (χ0v) is 25.1. The van der Waals surface area contributed by atoms with E-state index in [4.69, 9.17) is 4.74 Å². The molecule has 44 heavy (non-hydrogen) atoms. The topological polar surface area (TPSA) is 102 Å². The molecule has 0 aliphatic rings. The predicted molar refractivity (Wildman–Crippen MR) is 166 cm³/mol. The van der Waals surface area contributed by atoms with E-state index in [1.807, 2.05) is 60.7 Å². The van der Waals surface area contributed by atoms with Gasteiger partial charge in [0.1, 0.15) is 22.3 Å². The number of rotatable bonds is 11. The Morgan fingerprint density at radius 1 is 0.568 bits per heavy atom. The average Bonchev–Trinajstić information content (AvgIpc) is 2.97. The van der Waals surface area contributed by atoms with Crippen LogP contribution in [0.3, 0.4) is 0 Å². The quantitative estimate of drug-likeness (QED) is 0.167. The number of methoxy groups -OCH3 is 1. The van der Waals surface area contributed by atoms with Crippen molar-refractivity contribution in [3.63, 3.8) is 0 Å². The van der Waals surface area contributed by atoms with E-state index in [0.717, 1.165) is 29.3 Å². The van der Waals surface area contributed by atoms with Gasteiger partial charge in [0.2, 0.25) is 0 Å². The van der Waals surface area contributed by atoms with Gasteiger partial charge in [-0.15, -0.1) is 0 Å². The summed E-state index contributed by atoms with van der Waals surface area (Å²) >= 11 is 0. The molecule has 11 heteroatoms. The molecule has 5 aromatic carbocycles. The van der Waals surface area contributed by atoms with Crippen LogP contribution in [0.5, 0.6) is 5.75 Å². The summed E-state index contributed by atoms with van der Waals surface area (Å²) in [6.45, 7) is 0. The van der Waals surface area contributed by atoms with Crippen molar-refractivity contribution in [2.75, 3.05) is 16.6 Å². The van der Waals surface area contributed by atoms with Crippen LogP contribution in [0.15, 0.2) is 125 Å². The average molecular weight is 635 g/mol. The zero-order chi connectivity index (χ0) is 31.3. The number of hydrogen-bond donors (Lipinski definition) is 2. The van der Waals surface area contributed by atoms with Gasteiger partial charge in [0, 0.05) is 0 Å². The van der Waals surface area contributed by atoms with Crippen LogP contribution in [0, 0.1) is 11.6 Å². The van der Waals surface area contributed by atoms with Crippen molar-refractivity contribution in [3.8, 4) is 5.75 Å². The second kappa shape index (κ2) is 12.9. The summed E-state index contributed by atoms with van der Waals surface area (Å²) in [6, 6.07) is 29.6. The number of benzene rings is 5. The molecule has 2 N–H and O–H groups in total. The van der Waals surface area contributed by atoms with Crippen molar-refractivity contribution in [1.29, 1.82) is 0 Å². The molecule has 226 valence electrons. The first kappa shape index (κ1) is 30.7. The maximum atomic E-state index is 14.5. The van der Waals surface area contributed by atoms with E-state index in [-0.39, 0.29) is 17.1 Å². The first-order chi connectivity index (χ1) is 21.0. The third kappa shape index (κ3) is 7.61. The number of sulfonamides is 2. The second-order valence-corrected chi connectivity index (χ2v) is 13.4. The van der Waals surface area contributed by atoms with Gasteiger partial charge in [0.25, 0.3) is 20.0 Å². The van der Waals surface area contributed by atoms with Crippen LogP contribution >= 0.6 is 0 Å². The highest BCUT2D eigenvalue weighted by atomic mass is 32.2. The fraction of sp³-hybridized carbons (Fsp3) is 0.0909. The van der Waals surface area contributed by atoms with E-state index in [1.165, 1.54) is 43.5 Å². The Morgan fingerprint density at radius 3 is 1.52 bits per heavy atom. The van der Waals surface area contributed by atoms with E-state index >= 15 is 0 Å². The number of ether oxygens (including phenoxy) is 1. The van der Waals surface area contributed by atoms with Gasteiger partial charge in [-0.25, -0.2) is 25.6 Å². The highest BCUT2D eigenvalue weighted by Gasteiger charge is 2.25. The highest BCUT2D eigenvalue weighted by Crippen LogP contribution is 2.30. The summed E-state index contributed by atoms with van der Waals surface area (Å²) in [6.07, 6.45) is 0.736. The second-order valence-electron chi connectivity index (χ2n) is 10.0. The van der Waals surface area contributed by atoms with Crippen LogP contribution < -0.4 is 14.2 Å². The summed E-state index contributed by atoms with van der Waals surface area (Å²) in [5, 5.41) is 0. The summed E-state index contributed by atoms with van der Waals surface area (Å²) in [5.74, 6) is -1.42. The maximum Gasteiger partial charge on any atom is 0.265 e. The molecule has 0 aromatic heterocycles. The molecule has 7 nitrogen and oxygen atoms in total. The first-order valence-electron chi connectivity index (χ1n) is 13.4. The highest BCUT2D eigenvalue weighted by molar-refractivity contribution is 7.93. The Bertz CT molecular complexity index is 2010. The van der Waals surface area contributed by atoms with Gasteiger partial charge in [0.15, 0.2) is 0 Å². The standard InChI is InChI=1S/C33H28F2N2O5S2/c1-42-32-13-12-31(43(38,39)36-29-18-25(16-27(34)20-29)14-23-8-4-2-5-9-23)22-33(32)44(40,41)37-30-19-26(17-28(35)21-30)15-24-10-6-3-7-11-24/h2-13,16-22,36-37H,14-15H2,1H3. The van der Waals surface area contributed by atoms with Gasteiger partial charge >= 0.3 is 0 Å². The van der Waals surface area contributed by atoms with Crippen molar-refractivity contribution in [3.05, 3.63) is 149 Å². The zero-order valence-electron chi connectivity index (χ0n) is 23.5. The minimum atomic E-state index is -4.46. The Labute approximate surface area is 255 Å². The smallest absolute Gasteiger partial charge is 0.265 e. The molecule has 0 atom stereocenters. The SMILES string of the molecule is COc1ccc(S(=O)(=O)Nc2cc(F)cc(Cc3ccccc3)c2)cc1S(=O)(=O)Nc1cc(F)cc(Cc2ccccc2)c1. The van der Waals surface area contributed by atoms with E-state index < -0.39 is 41.5 Å². The molecule has 0 aliphatic heterocycles. The lowest BCUT2D eigenvalue weighted by Crippen LogP contribution is -2.17. The molecule has 0 saturated carbocycles. The van der Waals surface area contributed by atoms with E-state index in [1.54, 1.807) is 0 Å². The van der Waals surface area contributed by atoms with Gasteiger partial charge in [-0.05, 0) is 89.7 Å². The van der Waals surface area contributed by atoms with Crippen molar-refractivity contribution >= 4 is 31.4 Å². The maximum absolute atomic E-state index is 14.5. The Kier molecular flexibility index (Phi) is 8.98. The van der Waals surface area contributed by atoms with Crippen molar-refractivity contribution in [2.45, 2.75) is 22.6 Å². The fourth-order valence-corrected chi connectivity index (χ4v) is 7.12. The summed E-state index contributed by atoms with van der Waals surface area (Å²) < 4.78 is 92.5. The third-order valence-electron chi connectivity index (χ3n) is 6.66. The lowest BCUT2D eigenvalue weighted by molar-refractivity contribution is 0.402. The first-order valence-corrected chi connectivity index (χ1v) is 16.4. The van der Waals surface area contributed by atoms with Gasteiger partial charge in [0.05, 0.1) is 23.4 Å². The molecule has 0 bridgehead atoms. The molecule has 0 aliphatic carbocycles. The van der Waals surface area contributed by atoms with Gasteiger partial charge in [-0.3, -0.25) is 9.44 Å². The van der Waals surface area contributed by atoms with E-state index in [2.05, 4.69) is 9.44 Å². The Morgan fingerprint density at radius 2 is 1.05 bits per heavy atom. The normalized spacial score (nSPS) is 11.6. The number of hydrogen-bond acceptors (Lipinski definition) is 5. The minimum Gasteiger partial charge on any atom is -0.495 e. The minimum absolute atomic E-state index is 0.0278. The number of anilines is 2. The third-order valence-corrected chi connectivity index (χ3v) is 9.44. The summed E-state index contributed by atoms with van der Waals surface area (Å²) in [5.41, 5.74) is 2.82. The molecule has 0 saturated heterocycles. The molecule has 5 rings (SSSR count). The lowest BCUT2D eigenvalue weighted by Gasteiger charge is -2.15. The van der Waals surface area contributed by atoms with Crippen LogP contribution in [0.1, 0.15) is 22.3 Å². The van der Waals surface area contributed by atoms with Gasteiger partial charge in [-0.1, -0.05) is 60.7 Å². The summed E-state index contributed by atoms with van der Waals surface area (Å²) in [4.78, 5) is -0.891.